The van der Waals surface area contributed by atoms with E-state index in [0.717, 1.165) is 26.8 Å². The van der Waals surface area contributed by atoms with Gasteiger partial charge in [0.25, 0.3) is 5.91 Å². The van der Waals surface area contributed by atoms with Crippen molar-refractivity contribution >= 4 is 45.2 Å². The minimum Gasteiger partial charge on any atom is -0.296 e. The Morgan fingerprint density at radius 2 is 2.08 bits per heavy atom. The Bertz CT molecular complexity index is 931. The van der Waals surface area contributed by atoms with Crippen molar-refractivity contribution in [2.24, 2.45) is 0 Å². The molecule has 0 bridgehead atoms. The molecule has 0 aliphatic heterocycles. The third-order valence-electron chi connectivity index (χ3n) is 3.81. The standard InChI is InChI=1S/C17H22N6OS2/c1-6-25-17-22-21-16(26-17)20-15(24)11-7-13(9(2)3)19-14-12(11)8-18-23(14)10(4)5/h7-10H,6H2,1-5H3,(H,20,21,24). The Hall–Kier alpha value is -2.00. The van der Waals surface area contributed by atoms with Crippen molar-refractivity contribution in [1.82, 2.24) is 25.0 Å². The predicted octanol–water partition coefficient (Wildman–Crippen LogP) is 4.35. The van der Waals surface area contributed by atoms with E-state index in [0.29, 0.717) is 10.7 Å². The van der Waals surface area contributed by atoms with Crippen LogP contribution < -0.4 is 5.32 Å². The molecule has 1 amide bonds. The van der Waals surface area contributed by atoms with Crippen LogP contribution in [0.15, 0.2) is 16.6 Å². The first-order chi connectivity index (χ1) is 12.4. The zero-order valence-electron chi connectivity index (χ0n) is 15.5. The Morgan fingerprint density at radius 3 is 2.73 bits per heavy atom. The summed E-state index contributed by atoms with van der Waals surface area (Å²) in [5.74, 6) is 0.905. The van der Waals surface area contributed by atoms with Crippen LogP contribution in [-0.4, -0.2) is 36.6 Å². The Balaban J connectivity index is 2.00. The van der Waals surface area contributed by atoms with E-state index in [4.69, 9.17) is 4.98 Å². The van der Waals surface area contributed by atoms with Gasteiger partial charge in [0.05, 0.1) is 17.1 Å². The summed E-state index contributed by atoms with van der Waals surface area (Å²) in [4.78, 5) is 17.6. The lowest BCUT2D eigenvalue weighted by Crippen LogP contribution is -2.14. The monoisotopic (exact) mass is 390 g/mol. The van der Waals surface area contributed by atoms with Crippen molar-refractivity contribution < 1.29 is 4.79 Å². The van der Waals surface area contributed by atoms with Gasteiger partial charge in [-0.3, -0.25) is 10.1 Å². The lowest BCUT2D eigenvalue weighted by Gasteiger charge is -2.11. The van der Waals surface area contributed by atoms with Gasteiger partial charge < -0.3 is 0 Å². The number of fused-ring (bicyclic) bond motifs is 1. The normalized spacial score (nSPS) is 11.7. The molecule has 0 unspecified atom stereocenters. The van der Waals surface area contributed by atoms with E-state index >= 15 is 0 Å². The first-order valence-corrected chi connectivity index (χ1v) is 10.4. The predicted molar refractivity (Wildman–Crippen MR) is 106 cm³/mol. The van der Waals surface area contributed by atoms with Crippen molar-refractivity contribution in [2.45, 2.75) is 50.9 Å². The molecule has 3 aromatic heterocycles. The first-order valence-electron chi connectivity index (χ1n) is 8.56. The highest BCUT2D eigenvalue weighted by atomic mass is 32.2. The van der Waals surface area contributed by atoms with E-state index in [2.05, 4.69) is 41.4 Å². The molecular formula is C17H22N6OS2. The summed E-state index contributed by atoms with van der Waals surface area (Å²) in [6, 6.07) is 2.01. The fraction of sp³-hybridized carbons (Fsp3) is 0.471. The molecule has 0 aliphatic carbocycles. The highest BCUT2D eigenvalue weighted by Gasteiger charge is 2.20. The lowest BCUT2D eigenvalue weighted by molar-refractivity contribution is 0.102. The molecule has 0 atom stereocenters. The number of hydrogen-bond acceptors (Lipinski definition) is 7. The number of anilines is 1. The quantitative estimate of drug-likeness (QED) is 0.497. The molecule has 0 aliphatic rings. The molecule has 7 nitrogen and oxygen atoms in total. The molecule has 0 spiro atoms. The summed E-state index contributed by atoms with van der Waals surface area (Å²) in [6.07, 6.45) is 1.71. The fourth-order valence-corrected chi connectivity index (χ4v) is 4.15. The molecule has 3 rings (SSSR count). The Labute approximate surface area is 160 Å². The van der Waals surface area contributed by atoms with Crippen molar-refractivity contribution in [3.05, 3.63) is 23.5 Å². The molecule has 3 heterocycles. The van der Waals surface area contributed by atoms with E-state index in [-0.39, 0.29) is 17.9 Å². The molecule has 0 saturated heterocycles. The van der Waals surface area contributed by atoms with Crippen LogP contribution in [-0.2, 0) is 0 Å². The third kappa shape index (κ3) is 3.73. The van der Waals surface area contributed by atoms with Crippen molar-refractivity contribution in [3.8, 4) is 0 Å². The maximum atomic E-state index is 12.9. The summed E-state index contributed by atoms with van der Waals surface area (Å²) in [5, 5.41) is 16.6. The number of pyridine rings is 1. The van der Waals surface area contributed by atoms with Crippen LogP contribution in [0.1, 0.15) is 62.6 Å². The Kier molecular flexibility index (Phi) is 5.57. The van der Waals surface area contributed by atoms with Gasteiger partial charge in [-0.05, 0) is 31.6 Å². The van der Waals surface area contributed by atoms with Crippen LogP contribution in [0, 0.1) is 0 Å². The number of thioether (sulfide) groups is 1. The lowest BCUT2D eigenvalue weighted by atomic mass is 10.0. The van der Waals surface area contributed by atoms with Gasteiger partial charge in [-0.25, -0.2) is 9.67 Å². The second-order valence-electron chi connectivity index (χ2n) is 6.43. The van der Waals surface area contributed by atoms with Crippen LogP contribution in [0.3, 0.4) is 0 Å². The van der Waals surface area contributed by atoms with Gasteiger partial charge in [-0.15, -0.1) is 10.2 Å². The highest BCUT2D eigenvalue weighted by Crippen LogP contribution is 2.28. The summed E-state index contributed by atoms with van der Waals surface area (Å²) >= 11 is 2.98. The van der Waals surface area contributed by atoms with E-state index in [1.807, 2.05) is 24.6 Å². The van der Waals surface area contributed by atoms with Gasteiger partial charge in [0.1, 0.15) is 0 Å². The average Bonchev–Trinajstić information content (AvgIpc) is 3.20. The van der Waals surface area contributed by atoms with Gasteiger partial charge >= 0.3 is 0 Å². The maximum absolute atomic E-state index is 12.9. The van der Waals surface area contributed by atoms with Crippen LogP contribution in [0.4, 0.5) is 5.13 Å². The molecule has 0 radical (unpaired) electrons. The number of rotatable bonds is 6. The van der Waals surface area contributed by atoms with E-state index in [9.17, 15) is 4.79 Å². The molecule has 0 aromatic carbocycles. The number of hydrogen-bond donors (Lipinski definition) is 1. The molecule has 26 heavy (non-hydrogen) atoms. The number of amides is 1. The number of carbonyl (C=O) groups is 1. The molecule has 1 N–H and O–H groups in total. The summed E-state index contributed by atoms with van der Waals surface area (Å²) in [6.45, 7) is 10.3. The molecule has 138 valence electrons. The zero-order valence-corrected chi connectivity index (χ0v) is 17.1. The minimum absolute atomic E-state index is 0.162. The number of aromatic nitrogens is 5. The number of nitrogens with zero attached hydrogens (tertiary/aromatic N) is 5. The third-order valence-corrected chi connectivity index (χ3v) is 5.66. The van der Waals surface area contributed by atoms with Gasteiger partial charge in [0, 0.05) is 11.7 Å². The van der Waals surface area contributed by atoms with Gasteiger partial charge in [0.2, 0.25) is 5.13 Å². The van der Waals surface area contributed by atoms with Gasteiger partial charge in [-0.2, -0.15) is 5.10 Å². The largest absolute Gasteiger partial charge is 0.296 e. The second kappa shape index (κ2) is 7.71. The second-order valence-corrected chi connectivity index (χ2v) is 8.92. The fourth-order valence-electron chi connectivity index (χ4n) is 2.51. The number of nitrogens with one attached hydrogen (secondary N) is 1. The van der Waals surface area contributed by atoms with Crippen LogP contribution in [0.25, 0.3) is 11.0 Å². The van der Waals surface area contributed by atoms with Crippen molar-refractivity contribution in [2.75, 3.05) is 11.1 Å². The Morgan fingerprint density at radius 1 is 1.31 bits per heavy atom. The van der Waals surface area contributed by atoms with E-state index < -0.39 is 0 Å². The van der Waals surface area contributed by atoms with E-state index in [1.165, 1.54) is 11.3 Å². The topological polar surface area (TPSA) is 85.6 Å². The van der Waals surface area contributed by atoms with Gasteiger partial charge in [-0.1, -0.05) is 43.9 Å². The van der Waals surface area contributed by atoms with Crippen LogP contribution in [0.5, 0.6) is 0 Å². The van der Waals surface area contributed by atoms with Crippen molar-refractivity contribution in [3.63, 3.8) is 0 Å². The molecule has 0 saturated carbocycles. The zero-order chi connectivity index (χ0) is 18.8. The molecule has 3 aromatic rings. The summed E-state index contributed by atoms with van der Waals surface area (Å²) in [5.41, 5.74) is 2.16. The van der Waals surface area contributed by atoms with Crippen LogP contribution in [0.2, 0.25) is 0 Å². The highest BCUT2D eigenvalue weighted by molar-refractivity contribution is 8.01. The van der Waals surface area contributed by atoms with Gasteiger partial charge in [0.15, 0.2) is 9.99 Å². The van der Waals surface area contributed by atoms with E-state index in [1.54, 1.807) is 18.0 Å². The minimum atomic E-state index is -0.216. The first kappa shape index (κ1) is 18.8. The number of carbonyl (C=O) groups excluding carboxylic acids is 1. The maximum Gasteiger partial charge on any atom is 0.258 e. The summed E-state index contributed by atoms with van der Waals surface area (Å²) < 4.78 is 2.69. The molecule has 9 heteroatoms. The average molecular weight is 391 g/mol. The smallest absolute Gasteiger partial charge is 0.258 e. The van der Waals surface area contributed by atoms with Crippen LogP contribution >= 0.6 is 23.1 Å². The molecular weight excluding hydrogens is 368 g/mol. The van der Waals surface area contributed by atoms with Crippen molar-refractivity contribution in [1.29, 1.82) is 0 Å². The SMILES string of the molecule is CCSc1nnc(NC(=O)c2cc(C(C)C)nc3c2cnn3C(C)C)s1. The summed E-state index contributed by atoms with van der Waals surface area (Å²) in [7, 11) is 0. The molecule has 0 fully saturated rings.